The second-order valence-corrected chi connectivity index (χ2v) is 6.24. The van der Waals surface area contributed by atoms with Crippen molar-refractivity contribution in [3.8, 4) is 0 Å². The van der Waals surface area contributed by atoms with Crippen LogP contribution in [0.25, 0.3) is 0 Å². The molecule has 4 atom stereocenters. The molecule has 0 aromatic rings. The van der Waals surface area contributed by atoms with Crippen molar-refractivity contribution in [2.75, 3.05) is 0 Å². The lowest BCUT2D eigenvalue weighted by Gasteiger charge is -2.31. The highest BCUT2D eigenvalue weighted by Crippen LogP contribution is 2.66. The number of carbonyl (C=O) groups excluding carboxylic acids is 1. The molecule has 1 spiro atoms. The van der Waals surface area contributed by atoms with Crippen molar-refractivity contribution in [1.82, 2.24) is 0 Å². The number of hydrogen-bond donors (Lipinski definition) is 0. The van der Waals surface area contributed by atoms with E-state index in [1.165, 1.54) is 36.8 Å². The van der Waals surface area contributed by atoms with Gasteiger partial charge in [0.2, 0.25) is 0 Å². The first-order valence-corrected chi connectivity index (χ1v) is 6.66. The van der Waals surface area contributed by atoms with Crippen molar-refractivity contribution < 1.29 is 4.79 Å². The number of hydrogen-bond acceptors (Lipinski definition) is 1. The molecule has 1 heteroatoms. The Kier molecular flexibility index (Phi) is 1.55. The van der Waals surface area contributed by atoms with Crippen LogP contribution in [0, 0.1) is 23.2 Å². The minimum Gasteiger partial charge on any atom is -0.294 e. The summed E-state index contributed by atoms with van der Waals surface area (Å²) in [6, 6.07) is 0. The van der Waals surface area contributed by atoms with Crippen LogP contribution in [0.4, 0.5) is 0 Å². The van der Waals surface area contributed by atoms with Gasteiger partial charge in [0.05, 0.1) is 0 Å². The van der Waals surface area contributed by atoms with Gasteiger partial charge in [0.1, 0.15) is 0 Å². The van der Waals surface area contributed by atoms with Crippen molar-refractivity contribution in [2.24, 2.45) is 23.2 Å². The van der Waals surface area contributed by atoms with Gasteiger partial charge in [-0.2, -0.15) is 0 Å². The second-order valence-electron chi connectivity index (χ2n) is 6.24. The molecule has 4 rings (SSSR count). The Bertz CT molecular complexity index is 442. The Balaban J connectivity index is 1.80. The molecule has 0 amide bonds. The summed E-state index contributed by atoms with van der Waals surface area (Å²) in [5.74, 6) is 2.22. The first-order valence-electron chi connectivity index (χ1n) is 6.66. The lowest BCUT2D eigenvalue weighted by Crippen LogP contribution is -2.27. The molecule has 1 fully saturated rings. The van der Waals surface area contributed by atoms with Crippen molar-refractivity contribution in [3.63, 3.8) is 0 Å². The van der Waals surface area contributed by atoms with Crippen LogP contribution in [-0.4, -0.2) is 5.78 Å². The summed E-state index contributed by atoms with van der Waals surface area (Å²) in [7, 11) is 0. The molecule has 1 nitrogen and oxygen atoms in total. The minimum atomic E-state index is 0.284. The Hall–Kier alpha value is -0.850. The smallest absolute Gasteiger partial charge is 0.162 e. The molecule has 0 N–H and O–H groups in total. The maximum absolute atomic E-state index is 12.2. The van der Waals surface area contributed by atoms with Gasteiger partial charge in [0.15, 0.2) is 5.78 Å². The normalized spacial score (nSPS) is 48.8. The molecular formula is C15H18O. The third-order valence-corrected chi connectivity index (χ3v) is 5.58. The summed E-state index contributed by atoms with van der Waals surface area (Å²) in [5, 5.41) is 0. The summed E-state index contributed by atoms with van der Waals surface area (Å²) >= 11 is 0. The van der Waals surface area contributed by atoms with Gasteiger partial charge in [-0.25, -0.2) is 0 Å². The van der Waals surface area contributed by atoms with E-state index >= 15 is 0 Å². The fraction of sp³-hybridized carbons (Fsp3) is 0.667. The third-order valence-electron chi connectivity index (χ3n) is 5.58. The highest BCUT2D eigenvalue weighted by Gasteiger charge is 2.58. The maximum atomic E-state index is 12.2. The molecule has 0 aromatic heterocycles. The molecule has 1 saturated carbocycles. The van der Waals surface area contributed by atoms with Gasteiger partial charge >= 0.3 is 0 Å². The molecule has 4 aliphatic carbocycles. The van der Waals surface area contributed by atoms with E-state index in [9.17, 15) is 4.79 Å². The van der Waals surface area contributed by atoms with E-state index in [0.29, 0.717) is 17.1 Å². The molecule has 4 aliphatic rings. The maximum Gasteiger partial charge on any atom is 0.162 e. The van der Waals surface area contributed by atoms with Crippen LogP contribution in [-0.2, 0) is 4.79 Å². The van der Waals surface area contributed by atoms with Crippen LogP contribution >= 0.6 is 0 Å². The first kappa shape index (κ1) is 9.21. The van der Waals surface area contributed by atoms with Gasteiger partial charge in [0, 0.05) is 11.3 Å². The number of rotatable bonds is 0. The van der Waals surface area contributed by atoms with Crippen LogP contribution in [0.5, 0.6) is 0 Å². The molecule has 0 heterocycles. The van der Waals surface area contributed by atoms with Crippen molar-refractivity contribution >= 4 is 5.78 Å². The molecule has 0 bridgehead atoms. The van der Waals surface area contributed by atoms with Gasteiger partial charge in [-0.1, -0.05) is 24.6 Å². The second kappa shape index (κ2) is 2.69. The van der Waals surface area contributed by atoms with E-state index in [2.05, 4.69) is 19.1 Å². The van der Waals surface area contributed by atoms with Crippen molar-refractivity contribution in [2.45, 2.75) is 39.0 Å². The molecule has 0 aliphatic heterocycles. The first-order chi connectivity index (χ1) is 7.72. The highest BCUT2D eigenvalue weighted by atomic mass is 16.1. The minimum absolute atomic E-state index is 0.284. The molecule has 0 radical (unpaired) electrons. The summed E-state index contributed by atoms with van der Waals surface area (Å²) in [6.45, 7) is 2.10. The van der Waals surface area contributed by atoms with Gasteiger partial charge in [-0.05, 0) is 49.5 Å². The molecule has 84 valence electrons. The van der Waals surface area contributed by atoms with Crippen LogP contribution in [0.2, 0.25) is 0 Å². The van der Waals surface area contributed by atoms with Crippen LogP contribution in [0.1, 0.15) is 39.0 Å². The third kappa shape index (κ3) is 0.837. The van der Waals surface area contributed by atoms with Crippen molar-refractivity contribution in [1.29, 1.82) is 0 Å². The van der Waals surface area contributed by atoms with Crippen LogP contribution in [0.15, 0.2) is 23.3 Å². The Morgan fingerprint density at radius 2 is 2.25 bits per heavy atom. The number of ketones is 1. The van der Waals surface area contributed by atoms with Gasteiger partial charge < -0.3 is 0 Å². The van der Waals surface area contributed by atoms with E-state index in [0.717, 1.165) is 12.3 Å². The summed E-state index contributed by atoms with van der Waals surface area (Å²) in [5.41, 5.74) is 3.21. The highest BCUT2D eigenvalue weighted by molar-refractivity contribution is 6.02. The average molecular weight is 214 g/mol. The fourth-order valence-electron chi connectivity index (χ4n) is 4.94. The SMILES string of the molecule is CC1CC2=C(C1=O)[C@@H]1CC[C@H]3CC=C[C@]31C2. The molecule has 16 heavy (non-hydrogen) atoms. The van der Waals surface area contributed by atoms with Gasteiger partial charge in [-0.3, -0.25) is 4.79 Å². The lowest BCUT2D eigenvalue weighted by atomic mass is 9.72. The average Bonchev–Trinajstić information content (AvgIpc) is 2.88. The Morgan fingerprint density at radius 1 is 1.38 bits per heavy atom. The predicted molar refractivity (Wildman–Crippen MR) is 62.8 cm³/mol. The topological polar surface area (TPSA) is 17.1 Å². The van der Waals surface area contributed by atoms with E-state index in [1.807, 2.05) is 0 Å². The number of fused-ring (bicyclic) bond motifs is 1. The summed E-state index contributed by atoms with van der Waals surface area (Å²) in [6.07, 6.45) is 11.0. The van der Waals surface area contributed by atoms with Gasteiger partial charge in [-0.15, -0.1) is 0 Å². The lowest BCUT2D eigenvalue weighted by molar-refractivity contribution is -0.118. The Morgan fingerprint density at radius 3 is 3.12 bits per heavy atom. The van der Waals surface area contributed by atoms with Crippen LogP contribution < -0.4 is 0 Å². The summed E-state index contributed by atoms with van der Waals surface area (Å²) in [4.78, 5) is 12.2. The van der Waals surface area contributed by atoms with E-state index in [4.69, 9.17) is 0 Å². The number of carbonyl (C=O) groups is 1. The van der Waals surface area contributed by atoms with E-state index in [-0.39, 0.29) is 5.92 Å². The number of allylic oxidation sites excluding steroid dienone is 4. The fourth-order valence-corrected chi connectivity index (χ4v) is 4.94. The van der Waals surface area contributed by atoms with Crippen LogP contribution in [0.3, 0.4) is 0 Å². The zero-order chi connectivity index (χ0) is 10.9. The summed E-state index contributed by atoms with van der Waals surface area (Å²) < 4.78 is 0. The quantitative estimate of drug-likeness (QED) is 0.566. The van der Waals surface area contributed by atoms with Crippen molar-refractivity contribution in [3.05, 3.63) is 23.3 Å². The largest absolute Gasteiger partial charge is 0.294 e. The predicted octanol–water partition coefficient (Wildman–Crippen LogP) is 3.27. The molecule has 0 aromatic carbocycles. The standard InChI is InChI=1S/C15H18O/c1-9-7-10-8-15-6-2-3-11(15)4-5-12(15)13(10)14(9)16/h2,6,9,11-12H,3-5,7-8H2,1H3/t9?,11-,12+,15+/m1/s1. The Labute approximate surface area is 96.6 Å². The molecule has 0 saturated heterocycles. The monoisotopic (exact) mass is 214 g/mol. The zero-order valence-electron chi connectivity index (χ0n) is 9.83. The molecule has 1 unspecified atom stereocenters. The number of Topliss-reactive ketones (excluding diaryl/α,β-unsaturated/α-hetero) is 1. The van der Waals surface area contributed by atoms with E-state index in [1.54, 1.807) is 0 Å². The van der Waals surface area contributed by atoms with Gasteiger partial charge in [0.25, 0.3) is 0 Å². The zero-order valence-corrected chi connectivity index (χ0v) is 9.83. The molecular weight excluding hydrogens is 196 g/mol. The van der Waals surface area contributed by atoms with E-state index < -0.39 is 0 Å².